The number of aliphatic imine (C=N–C) groups is 1. The van der Waals surface area contributed by atoms with Crippen LogP contribution in [0.5, 0.6) is 0 Å². The molecule has 0 saturated heterocycles. The molecule has 0 unspecified atom stereocenters. The maximum atomic E-state index is 5.58. The second-order valence-electron chi connectivity index (χ2n) is 2.93. The van der Waals surface area contributed by atoms with Crippen molar-refractivity contribution in [3.05, 3.63) is 16.1 Å². The lowest BCUT2D eigenvalue weighted by atomic mass is 10.4. The van der Waals surface area contributed by atoms with E-state index in [1.165, 1.54) is 0 Å². The van der Waals surface area contributed by atoms with Crippen LogP contribution in [0.15, 0.2) is 10.4 Å². The first-order valence-electron chi connectivity index (χ1n) is 4.67. The molecule has 0 aromatic carbocycles. The molecule has 4 nitrogen and oxygen atoms in total. The van der Waals surface area contributed by atoms with Gasteiger partial charge in [-0.2, -0.15) is 0 Å². The number of guanidine groups is 1. The first kappa shape index (κ1) is 11.0. The van der Waals surface area contributed by atoms with Gasteiger partial charge in [0.15, 0.2) is 5.96 Å². The van der Waals surface area contributed by atoms with Crippen molar-refractivity contribution < 1.29 is 0 Å². The molecule has 14 heavy (non-hydrogen) atoms. The number of rotatable bonds is 4. The summed E-state index contributed by atoms with van der Waals surface area (Å²) >= 11 is 1.67. The summed E-state index contributed by atoms with van der Waals surface area (Å²) in [7, 11) is 0. The highest BCUT2D eigenvalue weighted by atomic mass is 32.1. The van der Waals surface area contributed by atoms with Crippen LogP contribution in [0.1, 0.15) is 17.6 Å². The summed E-state index contributed by atoms with van der Waals surface area (Å²) in [6.45, 7) is 5.50. The van der Waals surface area contributed by atoms with E-state index in [1.807, 2.05) is 19.2 Å². The summed E-state index contributed by atoms with van der Waals surface area (Å²) in [5, 5.41) is 6.12. The largest absolute Gasteiger partial charge is 0.370 e. The van der Waals surface area contributed by atoms with E-state index >= 15 is 0 Å². The lowest BCUT2D eigenvalue weighted by molar-refractivity contribution is 0.898. The molecule has 78 valence electrons. The van der Waals surface area contributed by atoms with Crippen LogP contribution in [-0.2, 0) is 6.42 Å². The highest BCUT2D eigenvalue weighted by Crippen LogP contribution is 2.08. The van der Waals surface area contributed by atoms with Crippen molar-refractivity contribution in [1.29, 1.82) is 0 Å². The Kier molecular flexibility index (Phi) is 4.39. The number of hydrogen-bond acceptors (Lipinski definition) is 3. The van der Waals surface area contributed by atoms with E-state index in [0.29, 0.717) is 12.5 Å². The zero-order valence-electron chi connectivity index (χ0n) is 8.58. The SMILES string of the molecule is CCNC(N)=NCCc1nc(C)cs1. The van der Waals surface area contributed by atoms with E-state index < -0.39 is 0 Å². The Labute approximate surface area is 88.3 Å². The van der Waals surface area contributed by atoms with Gasteiger partial charge >= 0.3 is 0 Å². The molecule has 5 heteroatoms. The third-order valence-corrected chi connectivity index (χ3v) is 2.66. The standard InChI is InChI=1S/C9H16N4S/c1-3-11-9(10)12-5-4-8-13-7(2)6-14-8/h6H,3-5H2,1-2H3,(H3,10,11,12). The van der Waals surface area contributed by atoms with Crippen LogP contribution in [0.4, 0.5) is 0 Å². The van der Waals surface area contributed by atoms with E-state index in [9.17, 15) is 0 Å². The Balaban J connectivity index is 2.31. The molecular formula is C9H16N4S. The normalized spacial score (nSPS) is 11.7. The summed E-state index contributed by atoms with van der Waals surface area (Å²) < 4.78 is 0. The Morgan fingerprint density at radius 1 is 1.71 bits per heavy atom. The van der Waals surface area contributed by atoms with Crippen molar-refractivity contribution in [3.8, 4) is 0 Å². The van der Waals surface area contributed by atoms with Gasteiger partial charge in [0, 0.05) is 30.6 Å². The zero-order chi connectivity index (χ0) is 10.4. The Morgan fingerprint density at radius 3 is 3.07 bits per heavy atom. The molecule has 0 bridgehead atoms. The third-order valence-electron chi connectivity index (χ3n) is 1.63. The van der Waals surface area contributed by atoms with Crippen LogP contribution in [0.3, 0.4) is 0 Å². The molecule has 0 radical (unpaired) electrons. The van der Waals surface area contributed by atoms with Gasteiger partial charge in [-0.25, -0.2) is 4.98 Å². The Hall–Kier alpha value is -1.10. The molecule has 0 aliphatic carbocycles. The fraction of sp³-hybridized carbons (Fsp3) is 0.556. The molecule has 0 fully saturated rings. The lowest BCUT2D eigenvalue weighted by Gasteiger charge is -2.00. The molecule has 0 amide bonds. The molecule has 0 aliphatic rings. The molecule has 1 aromatic heterocycles. The fourth-order valence-corrected chi connectivity index (χ4v) is 1.79. The van der Waals surface area contributed by atoms with E-state index in [1.54, 1.807) is 11.3 Å². The number of nitrogens with zero attached hydrogens (tertiary/aromatic N) is 2. The van der Waals surface area contributed by atoms with E-state index in [0.717, 1.165) is 23.7 Å². The summed E-state index contributed by atoms with van der Waals surface area (Å²) in [5.41, 5.74) is 6.65. The van der Waals surface area contributed by atoms with Crippen LogP contribution < -0.4 is 11.1 Å². The second-order valence-corrected chi connectivity index (χ2v) is 3.87. The Morgan fingerprint density at radius 2 is 2.50 bits per heavy atom. The maximum absolute atomic E-state index is 5.58. The van der Waals surface area contributed by atoms with Gasteiger partial charge in [-0.3, -0.25) is 4.99 Å². The van der Waals surface area contributed by atoms with Crippen LogP contribution in [-0.4, -0.2) is 24.0 Å². The molecule has 1 rings (SSSR count). The van der Waals surface area contributed by atoms with Gasteiger partial charge in [0.05, 0.1) is 5.01 Å². The van der Waals surface area contributed by atoms with Crippen molar-refractivity contribution >= 4 is 17.3 Å². The summed E-state index contributed by atoms with van der Waals surface area (Å²) in [6, 6.07) is 0. The van der Waals surface area contributed by atoms with E-state index in [2.05, 4.69) is 15.3 Å². The second kappa shape index (κ2) is 5.59. The van der Waals surface area contributed by atoms with Gasteiger partial charge in [-0.15, -0.1) is 11.3 Å². The van der Waals surface area contributed by atoms with Crippen LogP contribution in [0.25, 0.3) is 0 Å². The molecular weight excluding hydrogens is 196 g/mol. The van der Waals surface area contributed by atoms with Crippen molar-refractivity contribution in [3.63, 3.8) is 0 Å². The molecule has 1 heterocycles. The average molecular weight is 212 g/mol. The molecule has 3 N–H and O–H groups in total. The summed E-state index contributed by atoms with van der Waals surface area (Å²) in [5.74, 6) is 0.515. The smallest absolute Gasteiger partial charge is 0.188 e. The zero-order valence-corrected chi connectivity index (χ0v) is 9.40. The molecule has 0 saturated carbocycles. The molecule has 0 spiro atoms. The number of aryl methyl sites for hydroxylation is 1. The number of nitrogens with two attached hydrogens (primary N) is 1. The first-order chi connectivity index (χ1) is 6.72. The minimum absolute atomic E-state index is 0.515. The van der Waals surface area contributed by atoms with E-state index in [-0.39, 0.29) is 0 Å². The molecule has 0 atom stereocenters. The van der Waals surface area contributed by atoms with Crippen molar-refractivity contribution in [1.82, 2.24) is 10.3 Å². The van der Waals surface area contributed by atoms with Gasteiger partial charge in [-0.1, -0.05) is 0 Å². The predicted octanol–water partition coefficient (Wildman–Crippen LogP) is 0.918. The maximum Gasteiger partial charge on any atom is 0.188 e. The average Bonchev–Trinajstić information content (AvgIpc) is 2.52. The monoisotopic (exact) mass is 212 g/mol. The van der Waals surface area contributed by atoms with Crippen LogP contribution in [0, 0.1) is 6.92 Å². The van der Waals surface area contributed by atoms with E-state index in [4.69, 9.17) is 5.73 Å². The lowest BCUT2D eigenvalue weighted by Crippen LogP contribution is -2.31. The van der Waals surface area contributed by atoms with Gasteiger partial charge in [0.2, 0.25) is 0 Å². The van der Waals surface area contributed by atoms with Crippen LogP contribution in [0.2, 0.25) is 0 Å². The summed E-state index contributed by atoms with van der Waals surface area (Å²) in [6.07, 6.45) is 0.866. The number of aromatic nitrogens is 1. The highest BCUT2D eigenvalue weighted by molar-refractivity contribution is 7.09. The van der Waals surface area contributed by atoms with Crippen molar-refractivity contribution in [2.75, 3.05) is 13.1 Å². The fourth-order valence-electron chi connectivity index (χ4n) is 1.03. The predicted molar refractivity (Wildman–Crippen MR) is 60.7 cm³/mol. The molecule has 1 aromatic rings. The minimum Gasteiger partial charge on any atom is -0.370 e. The highest BCUT2D eigenvalue weighted by Gasteiger charge is 1.97. The number of nitrogens with one attached hydrogen (secondary N) is 1. The third kappa shape index (κ3) is 3.74. The van der Waals surface area contributed by atoms with Crippen molar-refractivity contribution in [2.45, 2.75) is 20.3 Å². The topological polar surface area (TPSA) is 63.3 Å². The number of thiazole rings is 1. The quantitative estimate of drug-likeness (QED) is 0.576. The Bertz CT molecular complexity index is 306. The van der Waals surface area contributed by atoms with Crippen molar-refractivity contribution in [2.24, 2.45) is 10.7 Å². The minimum atomic E-state index is 0.515. The van der Waals surface area contributed by atoms with Gasteiger partial charge in [-0.05, 0) is 13.8 Å². The number of hydrogen-bond donors (Lipinski definition) is 2. The van der Waals surface area contributed by atoms with Gasteiger partial charge < -0.3 is 11.1 Å². The summed E-state index contributed by atoms with van der Waals surface area (Å²) in [4.78, 5) is 8.51. The molecule has 0 aliphatic heterocycles. The van der Waals surface area contributed by atoms with Gasteiger partial charge in [0.25, 0.3) is 0 Å². The van der Waals surface area contributed by atoms with Gasteiger partial charge in [0.1, 0.15) is 0 Å². The van der Waals surface area contributed by atoms with Crippen LogP contribution >= 0.6 is 11.3 Å². The first-order valence-corrected chi connectivity index (χ1v) is 5.55.